The second kappa shape index (κ2) is 7.23. The lowest BCUT2D eigenvalue weighted by atomic mass is 10.1. The van der Waals surface area contributed by atoms with E-state index in [-0.39, 0.29) is 18.1 Å². The predicted octanol–water partition coefficient (Wildman–Crippen LogP) is 1.57. The molecule has 0 atom stereocenters. The number of nitrogens with one attached hydrogen (secondary N) is 2. The minimum absolute atomic E-state index is 0.114. The molecule has 0 aliphatic rings. The average molecular weight is 288 g/mol. The van der Waals surface area contributed by atoms with Crippen LogP contribution < -0.4 is 16.4 Å². The summed E-state index contributed by atoms with van der Waals surface area (Å²) in [6.45, 7) is 0.979. The second-order valence-electron chi connectivity index (χ2n) is 4.52. The van der Waals surface area contributed by atoms with E-state index in [1.807, 2.05) is 0 Å². The van der Waals surface area contributed by atoms with Crippen molar-refractivity contribution in [2.24, 2.45) is 0 Å². The van der Waals surface area contributed by atoms with Gasteiger partial charge >= 0.3 is 0 Å². The van der Waals surface area contributed by atoms with Crippen LogP contribution in [0.15, 0.2) is 42.6 Å². The minimum atomic E-state index is -0.309. The Balaban J connectivity index is 1.70. The fourth-order valence-electron chi connectivity index (χ4n) is 1.80. The molecule has 0 unspecified atom stereocenters. The topological polar surface area (TPSA) is 80.0 Å². The zero-order chi connectivity index (χ0) is 15.1. The first kappa shape index (κ1) is 14.8. The molecule has 1 aromatic carbocycles. The Morgan fingerprint density at radius 3 is 2.67 bits per heavy atom. The van der Waals surface area contributed by atoms with Gasteiger partial charge in [-0.25, -0.2) is 9.37 Å². The third-order valence-corrected chi connectivity index (χ3v) is 2.86. The quantitative estimate of drug-likeness (QED) is 0.705. The van der Waals surface area contributed by atoms with E-state index in [2.05, 4.69) is 15.6 Å². The molecule has 4 N–H and O–H groups in total. The molecule has 0 bridgehead atoms. The van der Waals surface area contributed by atoms with Gasteiger partial charge in [-0.15, -0.1) is 0 Å². The summed E-state index contributed by atoms with van der Waals surface area (Å²) in [5.74, 6) is 0.180. The molecule has 21 heavy (non-hydrogen) atoms. The van der Waals surface area contributed by atoms with Gasteiger partial charge < -0.3 is 16.4 Å². The summed E-state index contributed by atoms with van der Waals surface area (Å²) < 4.78 is 12.7. The Morgan fingerprint density at radius 1 is 1.19 bits per heavy atom. The highest BCUT2D eigenvalue weighted by atomic mass is 19.1. The van der Waals surface area contributed by atoms with Crippen molar-refractivity contribution in [3.63, 3.8) is 0 Å². The highest BCUT2D eigenvalue weighted by Gasteiger charge is 2.03. The van der Waals surface area contributed by atoms with Gasteiger partial charge in [-0.05, 0) is 29.8 Å². The molecule has 0 fully saturated rings. The van der Waals surface area contributed by atoms with E-state index in [0.29, 0.717) is 24.6 Å². The summed E-state index contributed by atoms with van der Waals surface area (Å²) in [7, 11) is 0. The van der Waals surface area contributed by atoms with Gasteiger partial charge in [-0.3, -0.25) is 4.79 Å². The number of pyridine rings is 1. The van der Waals surface area contributed by atoms with Gasteiger partial charge in [-0.1, -0.05) is 12.1 Å². The third kappa shape index (κ3) is 4.76. The Bertz CT molecular complexity index is 601. The first-order chi connectivity index (χ1) is 10.1. The number of rotatable bonds is 6. The molecule has 5 nitrogen and oxygen atoms in total. The number of carbonyl (C=O) groups excluding carboxylic acids is 1. The molecule has 0 aliphatic heterocycles. The lowest BCUT2D eigenvalue weighted by Gasteiger charge is -2.09. The maximum Gasteiger partial charge on any atom is 0.224 e. The molecule has 0 radical (unpaired) electrons. The molecule has 0 saturated heterocycles. The van der Waals surface area contributed by atoms with Crippen molar-refractivity contribution >= 4 is 17.4 Å². The number of halogens is 1. The fourth-order valence-corrected chi connectivity index (χ4v) is 1.80. The molecule has 2 rings (SSSR count). The summed E-state index contributed by atoms with van der Waals surface area (Å²) in [5.41, 5.74) is 7.07. The van der Waals surface area contributed by atoms with Crippen molar-refractivity contribution in [2.75, 3.05) is 24.1 Å². The molecule has 110 valence electrons. The number of carbonyl (C=O) groups is 1. The number of aromatic nitrogens is 1. The van der Waals surface area contributed by atoms with Crippen molar-refractivity contribution < 1.29 is 9.18 Å². The standard InChI is InChI=1S/C15H17FN4O/c16-12-5-3-11(4-6-12)10-14(21)18-8-9-20-15-13(17)2-1-7-19-15/h1-7H,8-10,17H2,(H,18,21)(H,19,20). The van der Waals surface area contributed by atoms with E-state index in [4.69, 9.17) is 5.73 Å². The van der Waals surface area contributed by atoms with E-state index >= 15 is 0 Å². The summed E-state index contributed by atoms with van der Waals surface area (Å²) in [4.78, 5) is 15.8. The molecule has 6 heteroatoms. The monoisotopic (exact) mass is 288 g/mol. The lowest BCUT2D eigenvalue weighted by molar-refractivity contribution is -0.120. The molecule has 2 aromatic rings. The Labute approximate surface area is 122 Å². The minimum Gasteiger partial charge on any atom is -0.396 e. The molecule has 0 spiro atoms. The number of nitrogen functional groups attached to an aromatic ring is 1. The van der Waals surface area contributed by atoms with Crippen LogP contribution in [0.3, 0.4) is 0 Å². The Kier molecular flexibility index (Phi) is 5.09. The van der Waals surface area contributed by atoms with Crippen molar-refractivity contribution in [1.29, 1.82) is 0 Å². The van der Waals surface area contributed by atoms with Crippen molar-refractivity contribution in [2.45, 2.75) is 6.42 Å². The van der Waals surface area contributed by atoms with Gasteiger partial charge in [0, 0.05) is 19.3 Å². The number of amides is 1. The van der Waals surface area contributed by atoms with E-state index < -0.39 is 0 Å². The van der Waals surface area contributed by atoms with E-state index in [9.17, 15) is 9.18 Å². The van der Waals surface area contributed by atoms with Gasteiger partial charge in [-0.2, -0.15) is 0 Å². The molecular formula is C15H17FN4O. The molecule has 1 aromatic heterocycles. The predicted molar refractivity (Wildman–Crippen MR) is 80.3 cm³/mol. The Hall–Kier alpha value is -2.63. The largest absolute Gasteiger partial charge is 0.396 e. The number of benzene rings is 1. The van der Waals surface area contributed by atoms with Gasteiger partial charge in [0.2, 0.25) is 5.91 Å². The molecule has 1 amide bonds. The number of hydrogen-bond acceptors (Lipinski definition) is 4. The molecule has 1 heterocycles. The summed E-state index contributed by atoms with van der Waals surface area (Å²) in [6.07, 6.45) is 1.87. The summed E-state index contributed by atoms with van der Waals surface area (Å²) in [5, 5.41) is 5.81. The van der Waals surface area contributed by atoms with Crippen LogP contribution in [0.5, 0.6) is 0 Å². The molecule has 0 aliphatic carbocycles. The first-order valence-electron chi connectivity index (χ1n) is 6.60. The zero-order valence-electron chi connectivity index (χ0n) is 11.5. The summed E-state index contributed by atoms with van der Waals surface area (Å²) >= 11 is 0. The van der Waals surface area contributed by atoms with Crippen LogP contribution in [-0.4, -0.2) is 24.0 Å². The Morgan fingerprint density at radius 2 is 1.95 bits per heavy atom. The second-order valence-corrected chi connectivity index (χ2v) is 4.52. The van der Waals surface area contributed by atoms with Crippen LogP contribution >= 0.6 is 0 Å². The smallest absolute Gasteiger partial charge is 0.224 e. The maximum absolute atomic E-state index is 12.7. The highest BCUT2D eigenvalue weighted by molar-refractivity contribution is 5.78. The number of hydrogen-bond donors (Lipinski definition) is 3. The number of nitrogens with zero attached hydrogens (tertiary/aromatic N) is 1. The summed E-state index contributed by atoms with van der Waals surface area (Å²) in [6, 6.07) is 9.39. The van der Waals surface area contributed by atoms with Crippen molar-refractivity contribution in [3.05, 3.63) is 54.0 Å². The highest BCUT2D eigenvalue weighted by Crippen LogP contribution is 2.11. The van der Waals surface area contributed by atoms with Crippen LogP contribution in [0.4, 0.5) is 15.9 Å². The maximum atomic E-state index is 12.7. The van der Waals surface area contributed by atoms with Gasteiger partial charge in [0.1, 0.15) is 11.6 Å². The van der Waals surface area contributed by atoms with Crippen LogP contribution in [0.1, 0.15) is 5.56 Å². The zero-order valence-corrected chi connectivity index (χ0v) is 11.5. The van der Waals surface area contributed by atoms with Gasteiger partial charge in [0.05, 0.1) is 12.1 Å². The van der Waals surface area contributed by atoms with Crippen molar-refractivity contribution in [1.82, 2.24) is 10.3 Å². The molecular weight excluding hydrogens is 271 g/mol. The normalized spacial score (nSPS) is 10.1. The SMILES string of the molecule is Nc1cccnc1NCCNC(=O)Cc1ccc(F)cc1. The fraction of sp³-hybridized carbons (Fsp3) is 0.200. The van der Waals surface area contributed by atoms with Crippen LogP contribution in [0.25, 0.3) is 0 Å². The first-order valence-corrected chi connectivity index (χ1v) is 6.60. The van der Waals surface area contributed by atoms with Crippen LogP contribution in [0, 0.1) is 5.82 Å². The number of nitrogens with two attached hydrogens (primary N) is 1. The van der Waals surface area contributed by atoms with E-state index in [1.54, 1.807) is 30.5 Å². The van der Waals surface area contributed by atoms with Crippen molar-refractivity contribution in [3.8, 4) is 0 Å². The van der Waals surface area contributed by atoms with Gasteiger partial charge in [0.15, 0.2) is 0 Å². The van der Waals surface area contributed by atoms with Gasteiger partial charge in [0.25, 0.3) is 0 Å². The third-order valence-electron chi connectivity index (χ3n) is 2.86. The lowest BCUT2D eigenvalue weighted by Crippen LogP contribution is -2.30. The average Bonchev–Trinajstić information content (AvgIpc) is 2.48. The number of anilines is 2. The molecule has 0 saturated carbocycles. The van der Waals surface area contributed by atoms with Crippen LogP contribution in [0.2, 0.25) is 0 Å². The van der Waals surface area contributed by atoms with E-state index in [1.165, 1.54) is 12.1 Å². The van der Waals surface area contributed by atoms with E-state index in [0.717, 1.165) is 5.56 Å². The van der Waals surface area contributed by atoms with Crippen LogP contribution in [-0.2, 0) is 11.2 Å².